The standard InChI is InChI=1S/C15H19NO3/c1-2-13-9-6-10-14(13)16(18)15(17)19-11-12-7-4-3-5-8-12/h3-9,13-14,18H,2,10-11H2,1H3/t13-,14-/m0/s1. The number of carbonyl (C=O) groups is 1. The minimum atomic E-state index is -0.684. The highest BCUT2D eigenvalue weighted by molar-refractivity contribution is 5.66. The van der Waals surface area contributed by atoms with Gasteiger partial charge >= 0.3 is 6.09 Å². The smallest absolute Gasteiger partial charge is 0.434 e. The molecule has 4 nitrogen and oxygen atoms in total. The highest BCUT2D eigenvalue weighted by Crippen LogP contribution is 2.25. The molecule has 0 fully saturated rings. The molecule has 0 spiro atoms. The zero-order valence-electron chi connectivity index (χ0n) is 11.0. The molecule has 0 bridgehead atoms. The van der Waals surface area contributed by atoms with Crippen LogP contribution in [-0.4, -0.2) is 22.4 Å². The number of hydrogen-bond donors (Lipinski definition) is 1. The summed E-state index contributed by atoms with van der Waals surface area (Å²) in [6, 6.07) is 9.22. The van der Waals surface area contributed by atoms with E-state index in [9.17, 15) is 10.0 Å². The fourth-order valence-electron chi connectivity index (χ4n) is 2.31. The second-order valence-corrected chi connectivity index (χ2v) is 4.69. The zero-order chi connectivity index (χ0) is 13.7. The van der Waals surface area contributed by atoms with Crippen molar-refractivity contribution in [2.75, 3.05) is 0 Å². The van der Waals surface area contributed by atoms with Crippen molar-refractivity contribution in [3.63, 3.8) is 0 Å². The second kappa shape index (κ2) is 6.38. The summed E-state index contributed by atoms with van der Waals surface area (Å²) >= 11 is 0. The van der Waals surface area contributed by atoms with Crippen LogP contribution in [0.25, 0.3) is 0 Å². The lowest BCUT2D eigenvalue weighted by Gasteiger charge is -2.26. The average molecular weight is 261 g/mol. The van der Waals surface area contributed by atoms with E-state index in [0.717, 1.165) is 17.0 Å². The van der Waals surface area contributed by atoms with Crippen LogP contribution < -0.4 is 0 Å². The van der Waals surface area contributed by atoms with Gasteiger partial charge in [-0.1, -0.05) is 49.4 Å². The Morgan fingerprint density at radius 3 is 2.84 bits per heavy atom. The second-order valence-electron chi connectivity index (χ2n) is 4.69. The number of carbonyl (C=O) groups excluding carboxylic acids is 1. The van der Waals surface area contributed by atoms with Gasteiger partial charge in [-0.25, -0.2) is 4.79 Å². The Kier molecular flexibility index (Phi) is 4.58. The van der Waals surface area contributed by atoms with Crippen LogP contribution in [0.15, 0.2) is 42.5 Å². The van der Waals surface area contributed by atoms with Crippen LogP contribution in [0.3, 0.4) is 0 Å². The van der Waals surface area contributed by atoms with Crippen LogP contribution in [0.2, 0.25) is 0 Å². The molecule has 2 rings (SSSR count). The Balaban J connectivity index is 1.86. The third-order valence-electron chi connectivity index (χ3n) is 3.43. The van der Waals surface area contributed by atoms with Crippen LogP contribution in [0, 0.1) is 5.92 Å². The van der Waals surface area contributed by atoms with Crippen LogP contribution in [0.4, 0.5) is 4.79 Å². The van der Waals surface area contributed by atoms with E-state index >= 15 is 0 Å². The van der Waals surface area contributed by atoms with Crippen molar-refractivity contribution < 1.29 is 14.7 Å². The molecular formula is C15H19NO3. The van der Waals surface area contributed by atoms with Crippen molar-refractivity contribution in [2.45, 2.75) is 32.4 Å². The highest BCUT2D eigenvalue weighted by Gasteiger charge is 2.30. The molecule has 19 heavy (non-hydrogen) atoms. The molecule has 1 aliphatic carbocycles. The molecule has 0 aromatic heterocycles. The van der Waals surface area contributed by atoms with Crippen LogP contribution in [-0.2, 0) is 11.3 Å². The molecule has 1 amide bonds. The third kappa shape index (κ3) is 3.35. The van der Waals surface area contributed by atoms with Crippen molar-refractivity contribution in [1.82, 2.24) is 5.06 Å². The largest absolute Gasteiger partial charge is 0.443 e. The van der Waals surface area contributed by atoms with Crippen molar-refractivity contribution in [3.05, 3.63) is 48.0 Å². The first-order valence-corrected chi connectivity index (χ1v) is 6.57. The quantitative estimate of drug-likeness (QED) is 0.513. The summed E-state index contributed by atoms with van der Waals surface area (Å²) < 4.78 is 5.10. The molecule has 0 unspecified atom stereocenters. The lowest BCUT2D eigenvalue weighted by molar-refractivity contribution is -0.113. The van der Waals surface area contributed by atoms with E-state index in [1.807, 2.05) is 49.4 Å². The van der Waals surface area contributed by atoms with Crippen LogP contribution in [0.1, 0.15) is 25.3 Å². The number of rotatable bonds is 4. The Hall–Kier alpha value is -1.81. The molecular weight excluding hydrogens is 242 g/mol. The summed E-state index contributed by atoms with van der Waals surface area (Å²) in [6.07, 6.45) is 4.92. The first-order chi connectivity index (χ1) is 9.22. The number of nitrogens with zero attached hydrogens (tertiary/aromatic N) is 1. The number of hydrogen-bond acceptors (Lipinski definition) is 3. The molecule has 4 heteroatoms. The molecule has 0 saturated carbocycles. The van der Waals surface area contributed by atoms with Gasteiger partial charge < -0.3 is 4.74 Å². The third-order valence-corrected chi connectivity index (χ3v) is 3.43. The summed E-state index contributed by atoms with van der Waals surface area (Å²) in [6.45, 7) is 2.21. The molecule has 1 aromatic rings. The van der Waals surface area contributed by atoms with Gasteiger partial charge in [-0.3, -0.25) is 5.21 Å². The minimum absolute atomic E-state index is 0.174. The van der Waals surface area contributed by atoms with E-state index in [0.29, 0.717) is 6.42 Å². The van der Waals surface area contributed by atoms with Crippen LogP contribution in [0.5, 0.6) is 0 Å². The summed E-state index contributed by atoms with van der Waals surface area (Å²) in [7, 11) is 0. The topological polar surface area (TPSA) is 49.8 Å². The Morgan fingerprint density at radius 2 is 2.16 bits per heavy atom. The van der Waals surface area contributed by atoms with Crippen molar-refractivity contribution in [2.24, 2.45) is 5.92 Å². The summed E-state index contributed by atoms with van der Waals surface area (Å²) in [4.78, 5) is 11.8. The average Bonchev–Trinajstić information content (AvgIpc) is 2.93. The van der Waals surface area contributed by atoms with Gasteiger partial charge in [0.25, 0.3) is 0 Å². The monoisotopic (exact) mass is 261 g/mol. The van der Waals surface area contributed by atoms with Gasteiger partial charge in [0.05, 0.1) is 6.04 Å². The maximum absolute atomic E-state index is 11.8. The Labute approximate surface area is 113 Å². The predicted octanol–water partition coefficient (Wildman–Crippen LogP) is 3.37. The fourth-order valence-corrected chi connectivity index (χ4v) is 2.31. The van der Waals surface area contributed by atoms with Gasteiger partial charge in [-0.15, -0.1) is 0 Å². The maximum atomic E-state index is 11.8. The number of hydroxylamine groups is 2. The molecule has 102 valence electrons. The number of benzene rings is 1. The van der Waals surface area contributed by atoms with Crippen LogP contribution >= 0.6 is 0 Å². The fraction of sp³-hybridized carbons (Fsp3) is 0.400. The first-order valence-electron chi connectivity index (χ1n) is 6.57. The minimum Gasteiger partial charge on any atom is -0.443 e. The summed E-state index contributed by atoms with van der Waals surface area (Å²) in [5.41, 5.74) is 0.904. The van der Waals surface area contributed by atoms with Crippen molar-refractivity contribution >= 4 is 6.09 Å². The molecule has 0 heterocycles. The normalized spacial score (nSPS) is 21.4. The molecule has 1 aliphatic rings. The van der Waals surface area contributed by atoms with Crippen molar-refractivity contribution in [3.8, 4) is 0 Å². The molecule has 1 N–H and O–H groups in total. The zero-order valence-corrected chi connectivity index (χ0v) is 11.0. The van der Waals surface area contributed by atoms with Gasteiger partial charge in [0.1, 0.15) is 6.61 Å². The summed E-state index contributed by atoms with van der Waals surface area (Å²) in [5, 5.41) is 10.6. The van der Waals surface area contributed by atoms with E-state index in [4.69, 9.17) is 4.74 Å². The Morgan fingerprint density at radius 1 is 1.42 bits per heavy atom. The van der Waals surface area contributed by atoms with E-state index in [2.05, 4.69) is 0 Å². The van der Waals surface area contributed by atoms with E-state index in [1.54, 1.807) is 0 Å². The SMILES string of the molecule is CC[C@H]1C=CC[C@@H]1N(O)C(=O)OCc1ccccc1. The van der Waals surface area contributed by atoms with E-state index in [-0.39, 0.29) is 18.6 Å². The van der Waals surface area contributed by atoms with Gasteiger partial charge in [0, 0.05) is 0 Å². The predicted molar refractivity (Wildman–Crippen MR) is 71.6 cm³/mol. The summed E-state index contributed by atoms with van der Waals surface area (Å²) in [5.74, 6) is 0.203. The molecule has 0 radical (unpaired) electrons. The van der Waals surface area contributed by atoms with Gasteiger partial charge in [0.15, 0.2) is 0 Å². The van der Waals surface area contributed by atoms with E-state index < -0.39 is 6.09 Å². The Bertz CT molecular complexity index is 444. The van der Waals surface area contributed by atoms with Gasteiger partial charge in [-0.05, 0) is 24.3 Å². The van der Waals surface area contributed by atoms with Gasteiger partial charge in [-0.2, -0.15) is 5.06 Å². The first kappa shape index (κ1) is 13.6. The molecule has 1 aromatic carbocycles. The lowest BCUT2D eigenvalue weighted by atomic mass is 10.0. The van der Waals surface area contributed by atoms with Crippen molar-refractivity contribution in [1.29, 1.82) is 0 Å². The number of ether oxygens (including phenoxy) is 1. The van der Waals surface area contributed by atoms with Gasteiger partial charge in [0.2, 0.25) is 0 Å². The molecule has 0 saturated heterocycles. The molecule has 2 atom stereocenters. The highest BCUT2D eigenvalue weighted by atomic mass is 16.6. The maximum Gasteiger partial charge on any atom is 0.434 e. The lowest BCUT2D eigenvalue weighted by Crippen LogP contribution is -2.40. The molecule has 0 aliphatic heterocycles. The number of amides is 1. The van der Waals surface area contributed by atoms with E-state index in [1.165, 1.54) is 0 Å².